The summed E-state index contributed by atoms with van der Waals surface area (Å²) in [6.07, 6.45) is 5.48. The maximum Gasteiger partial charge on any atom is 0.228 e. The standard InChI is InChI=1S/C40H25N5O/c1-2-16-39-36(15-1)44-40(46-39)32-25-38-31(24-29(32)35-14-5-8-21-43-35)30-23-27(34-13-4-7-20-42-34)17-18-37(30)45(38)28-11-9-10-26(22-28)33-12-3-6-19-41-33/h1-25H. The van der Waals surface area contributed by atoms with Gasteiger partial charge in [-0.05, 0) is 84.9 Å². The molecule has 0 N–H and O–H groups in total. The van der Waals surface area contributed by atoms with Gasteiger partial charge in [-0.15, -0.1) is 0 Å². The van der Waals surface area contributed by atoms with Crippen LogP contribution < -0.4 is 0 Å². The molecule has 46 heavy (non-hydrogen) atoms. The third-order valence-corrected chi connectivity index (χ3v) is 8.40. The third-order valence-electron chi connectivity index (χ3n) is 8.40. The average Bonchev–Trinajstić information content (AvgIpc) is 3.71. The number of hydrogen-bond acceptors (Lipinski definition) is 5. The highest BCUT2D eigenvalue weighted by atomic mass is 16.3. The quantitative estimate of drug-likeness (QED) is 0.199. The number of oxazole rings is 1. The van der Waals surface area contributed by atoms with Crippen LogP contribution in [0.2, 0.25) is 0 Å². The lowest BCUT2D eigenvalue weighted by molar-refractivity contribution is 0.620. The minimum absolute atomic E-state index is 0.553. The van der Waals surface area contributed by atoms with Gasteiger partial charge in [0.05, 0.1) is 28.1 Å². The van der Waals surface area contributed by atoms with E-state index in [-0.39, 0.29) is 0 Å². The Labute approximate surface area is 264 Å². The molecule has 0 aliphatic heterocycles. The molecule has 6 heteroatoms. The summed E-state index contributed by atoms with van der Waals surface area (Å²) in [5.74, 6) is 0.553. The van der Waals surface area contributed by atoms with E-state index in [2.05, 4.69) is 69.1 Å². The van der Waals surface area contributed by atoms with Crippen molar-refractivity contribution < 1.29 is 4.42 Å². The Morgan fingerprint density at radius 1 is 0.478 bits per heavy atom. The number of fused-ring (bicyclic) bond motifs is 4. The van der Waals surface area contributed by atoms with Crippen LogP contribution in [-0.4, -0.2) is 24.5 Å². The van der Waals surface area contributed by atoms with Crippen LogP contribution in [0.5, 0.6) is 0 Å². The number of aromatic nitrogens is 5. The van der Waals surface area contributed by atoms with Crippen LogP contribution in [0.4, 0.5) is 0 Å². The number of benzene rings is 4. The molecular weight excluding hydrogens is 566 g/mol. The zero-order chi connectivity index (χ0) is 30.5. The van der Waals surface area contributed by atoms with E-state index in [4.69, 9.17) is 14.4 Å². The third kappa shape index (κ3) is 4.35. The van der Waals surface area contributed by atoms with Gasteiger partial charge in [0.1, 0.15) is 5.52 Å². The molecule has 0 bridgehead atoms. The van der Waals surface area contributed by atoms with Crippen molar-refractivity contribution in [1.82, 2.24) is 24.5 Å². The molecule has 6 nitrogen and oxygen atoms in total. The molecule has 9 rings (SSSR count). The van der Waals surface area contributed by atoms with Gasteiger partial charge >= 0.3 is 0 Å². The first-order valence-corrected chi connectivity index (χ1v) is 15.1. The normalized spacial score (nSPS) is 11.5. The number of nitrogens with zero attached hydrogens (tertiary/aromatic N) is 5. The molecule has 0 amide bonds. The Morgan fingerprint density at radius 2 is 1.15 bits per heavy atom. The van der Waals surface area contributed by atoms with Crippen molar-refractivity contribution in [2.45, 2.75) is 0 Å². The molecule has 0 spiro atoms. The van der Waals surface area contributed by atoms with Crippen molar-refractivity contribution in [3.63, 3.8) is 0 Å². The molecule has 0 saturated carbocycles. The number of rotatable bonds is 5. The van der Waals surface area contributed by atoms with Crippen molar-refractivity contribution in [1.29, 1.82) is 0 Å². The van der Waals surface area contributed by atoms with Crippen molar-refractivity contribution >= 4 is 32.9 Å². The first-order chi connectivity index (χ1) is 22.8. The van der Waals surface area contributed by atoms with Gasteiger partial charge in [-0.2, -0.15) is 0 Å². The summed E-state index contributed by atoms with van der Waals surface area (Å²) < 4.78 is 8.69. The van der Waals surface area contributed by atoms with Crippen molar-refractivity contribution in [2.24, 2.45) is 0 Å². The molecule has 0 saturated heterocycles. The van der Waals surface area contributed by atoms with Crippen LogP contribution in [0.1, 0.15) is 0 Å². The van der Waals surface area contributed by atoms with E-state index < -0.39 is 0 Å². The molecule has 0 aliphatic rings. The van der Waals surface area contributed by atoms with Crippen LogP contribution in [0.3, 0.4) is 0 Å². The first kappa shape index (κ1) is 26.0. The topological polar surface area (TPSA) is 69.6 Å². The van der Waals surface area contributed by atoms with E-state index in [1.165, 1.54) is 0 Å². The molecule has 5 aromatic heterocycles. The fraction of sp³-hybridized carbons (Fsp3) is 0. The summed E-state index contributed by atoms with van der Waals surface area (Å²) in [6.45, 7) is 0. The lowest BCUT2D eigenvalue weighted by atomic mass is 9.99. The Hall–Kier alpha value is -6.40. The summed E-state index contributed by atoms with van der Waals surface area (Å²) in [7, 11) is 0. The maximum atomic E-state index is 6.37. The van der Waals surface area contributed by atoms with E-state index in [1.807, 2.05) is 97.5 Å². The maximum absolute atomic E-state index is 6.37. The van der Waals surface area contributed by atoms with Gasteiger partial charge in [0, 0.05) is 57.3 Å². The second kappa shape index (κ2) is 10.6. The molecule has 0 unspecified atom stereocenters. The summed E-state index contributed by atoms with van der Waals surface area (Å²) in [4.78, 5) is 18.9. The van der Waals surface area contributed by atoms with Gasteiger partial charge < -0.3 is 8.98 Å². The predicted octanol–water partition coefficient (Wildman–Crippen LogP) is 9.78. The van der Waals surface area contributed by atoms with Crippen LogP contribution in [0.25, 0.3) is 83.8 Å². The van der Waals surface area contributed by atoms with E-state index in [9.17, 15) is 0 Å². The van der Waals surface area contributed by atoms with Gasteiger partial charge in [0.25, 0.3) is 0 Å². The van der Waals surface area contributed by atoms with E-state index >= 15 is 0 Å². The minimum Gasteiger partial charge on any atom is -0.436 e. The second-order valence-corrected chi connectivity index (χ2v) is 11.2. The van der Waals surface area contributed by atoms with Crippen LogP contribution in [0, 0.1) is 0 Å². The summed E-state index contributed by atoms with van der Waals surface area (Å²) >= 11 is 0. The van der Waals surface area contributed by atoms with E-state index in [1.54, 1.807) is 0 Å². The first-order valence-electron chi connectivity index (χ1n) is 15.1. The smallest absolute Gasteiger partial charge is 0.228 e. The van der Waals surface area contributed by atoms with Gasteiger partial charge in [0.15, 0.2) is 5.58 Å². The molecule has 9 aromatic rings. The fourth-order valence-corrected chi connectivity index (χ4v) is 6.27. The molecule has 0 aliphatic carbocycles. The monoisotopic (exact) mass is 591 g/mol. The molecule has 0 atom stereocenters. The fourth-order valence-electron chi connectivity index (χ4n) is 6.27. The highest BCUT2D eigenvalue weighted by molar-refractivity contribution is 6.13. The van der Waals surface area contributed by atoms with Gasteiger partial charge in [-0.25, -0.2) is 4.98 Å². The molecule has 5 heterocycles. The zero-order valence-corrected chi connectivity index (χ0v) is 24.6. The van der Waals surface area contributed by atoms with Crippen molar-refractivity contribution in [2.75, 3.05) is 0 Å². The molecule has 0 radical (unpaired) electrons. The Kier molecular flexibility index (Phi) is 6.03. The lowest BCUT2D eigenvalue weighted by Gasteiger charge is -2.12. The number of hydrogen-bond donors (Lipinski definition) is 0. The summed E-state index contributed by atoms with van der Waals surface area (Å²) in [5, 5.41) is 2.21. The van der Waals surface area contributed by atoms with Crippen molar-refractivity contribution in [3.8, 4) is 50.9 Å². The molecule has 4 aromatic carbocycles. The molecular formula is C40H25N5O. The average molecular weight is 592 g/mol. The second-order valence-electron chi connectivity index (χ2n) is 11.2. The summed E-state index contributed by atoms with van der Waals surface area (Å²) in [5.41, 5.74) is 11.3. The predicted molar refractivity (Wildman–Crippen MR) is 183 cm³/mol. The highest BCUT2D eigenvalue weighted by Crippen LogP contribution is 2.42. The minimum atomic E-state index is 0.553. The number of pyridine rings is 3. The van der Waals surface area contributed by atoms with E-state index in [0.29, 0.717) is 5.89 Å². The highest BCUT2D eigenvalue weighted by Gasteiger charge is 2.21. The van der Waals surface area contributed by atoms with Crippen LogP contribution in [0.15, 0.2) is 156 Å². The summed E-state index contributed by atoms with van der Waals surface area (Å²) in [6, 6.07) is 45.3. The van der Waals surface area contributed by atoms with Gasteiger partial charge in [0.2, 0.25) is 5.89 Å². The Balaban J connectivity index is 1.38. The van der Waals surface area contributed by atoms with Crippen LogP contribution >= 0.6 is 0 Å². The number of para-hydroxylation sites is 2. The van der Waals surface area contributed by atoms with Gasteiger partial charge in [-0.1, -0.05) is 48.5 Å². The largest absolute Gasteiger partial charge is 0.436 e. The SMILES string of the molecule is c1ccc(-c2cccc(-n3c4ccc(-c5ccccn5)cc4c4cc(-c5ccccn5)c(-c5nc6ccccc6o5)cc43)c2)nc1. The Bertz CT molecular complexity index is 2490. The van der Waals surface area contributed by atoms with Crippen LogP contribution in [-0.2, 0) is 0 Å². The Morgan fingerprint density at radius 3 is 1.87 bits per heavy atom. The van der Waals surface area contributed by atoms with Crippen molar-refractivity contribution in [3.05, 3.63) is 152 Å². The van der Waals surface area contributed by atoms with E-state index in [0.717, 1.165) is 77.9 Å². The zero-order valence-electron chi connectivity index (χ0n) is 24.6. The lowest BCUT2D eigenvalue weighted by Crippen LogP contribution is -1.96. The molecule has 216 valence electrons. The molecule has 0 fully saturated rings. The van der Waals surface area contributed by atoms with Gasteiger partial charge in [-0.3, -0.25) is 15.0 Å².